The van der Waals surface area contributed by atoms with E-state index in [2.05, 4.69) is 28.2 Å². The Morgan fingerprint density at radius 3 is 2.75 bits per heavy atom. The molecule has 108 valence electrons. The molecular weight excluding hydrogens is 252 g/mol. The number of pyridine rings is 1. The maximum Gasteiger partial charge on any atom is 0.317 e. The molecule has 1 unspecified atom stereocenters. The van der Waals surface area contributed by atoms with Crippen LogP contribution in [0.4, 0.5) is 4.79 Å². The average molecular weight is 274 g/mol. The van der Waals surface area contributed by atoms with Gasteiger partial charge in [-0.05, 0) is 31.4 Å². The highest BCUT2D eigenvalue weighted by Crippen LogP contribution is 2.26. The van der Waals surface area contributed by atoms with Crippen LogP contribution in [0.5, 0.6) is 0 Å². The first kappa shape index (κ1) is 13.4. The molecule has 0 aliphatic carbocycles. The summed E-state index contributed by atoms with van der Waals surface area (Å²) in [6.07, 6.45) is 5.90. The van der Waals surface area contributed by atoms with Gasteiger partial charge in [0.05, 0.1) is 0 Å². The normalized spacial score (nSPS) is 22.9. The van der Waals surface area contributed by atoms with Gasteiger partial charge in [-0.3, -0.25) is 9.88 Å². The van der Waals surface area contributed by atoms with Crippen molar-refractivity contribution in [2.75, 3.05) is 26.2 Å². The van der Waals surface area contributed by atoms with Crippen LogP contribution in [0.3, 0.4) is 0 Å². The SMILES string of the molecule is CC(c1cccnc1)N1CCC(N2CCNC2=O)CC1. The predicted molar refractivity (Wildman–Crippen MR) is 77.4 cm³/mol. The van der Waals surface area contributed by atoms with Crippen LogP contribution in [0.2, 0.25) is 0 Å². The summed E-state index contributed by atoms with van der Waals surface area (Å²) in [5.41, 5.74) is 1.27. The fourth-order valence-electron chi connectivity index (χ4n) is 3.25. The van der Waals surface area contributed by atoms with Crippen LogP contribution in [-0.2, 0) is 0 Å². The number of likely N-dealkylation sites (tertiary alicyclic amines) is 1. The minimum atomic E-state index is 0.115. The van der Waals surface area contributed by atoms with Gasteiger partial charge in [0.15, 0.2) is 0 Å². The first-order valence-electron chi connectivity index (χ1n) is 7.44. The monoisotopic (exact) mass is 274 g/mol. The van der Waals surface area contributed by atoms with Gasteiger partial charge in [-0.1, -0.05) is 6.07 Å². The standard InChI is InChI=1S/C15H22N4O/c1-12(13-3-2-6-16-11-13)18-8-4-14(5-9-18)19-10-7-17-15(19)20/h2-3,6,11-12,14H,4-5,7-10H2,1H3,(H,17,20). The second-order valence-corrected chi connectivity index (χ2v) is 5.65. The van der Waals surface area contributed by atoms with Gasteiger partial charge in [0.2, 0.25) is 0 Å². The largest absolute Gasteiger partial charge is 0.336 e. The topological polar surface area (TPSA) is 48.5 Å². The molecule has 2 aliphatic heterocycles. The Morgan fingerprint density at radius 1 is 1.35 bits per heavy atom. The zero-order valence-corrected chi connectivity index (χ0v) is 12.0. The van der Waals surface area contributed by atoms with Crippen LogP contribution in [-0.4, -0.2) is 53.0 Å². The highest BCUT2D eigenvalue weighted by molar-refractivity contribution is 5.76. The fraction of sp³-hybridized carbons (Fsp3) is 0.600. The van der Waals surface area contributed by atoms with Crippen LogP contribution in [0.1, 0.15) is 31.4 Å². The van der Waals surface area contributed by atoms with Crippen molar-refractivity contribution in [3.63, 3.8) is 0 Å². The number of urea groups is 1. The van der Waals surface area contributed by atoms with Crippen molar-refractivity contribution in [3.05, 3.63) is 30.1 Å². The summed E-state index contributed by atoms with van der Waals surface area (Å²) in [4.78, 5) is 20.4. The Balaban J connectivity index is 1.57. The van der Waals surface area contributed by atoms with Crippen LogP contribution < -0.4 is 5.32 Å². The van der Waals surface area contributed by atoms with Crippen molar-refractivity contribution in [2.45, 2.75) is 31.8 Å². The minimum Gasteiger partial charge on any atom is -0.336 e. The smallest absolute Gasteiger partial charge is 0.317 e. The molecule has 3 rings (SSSR count). The number of hydrogen-bond donors (Lipinski definition) is 1. The molecular formula is C15H22N4O. The maximum absolute atomic E-state index is 11.7. The second-order valence-electron chi connectivity index (χ2n) is 5.65. The van der Waals surface area contributed by atoms with E-state index in [9.17, 15) is 4.79 Å². The molecule has 1 N–H and O–H groups in total. The summed E-state index contributed by atoms with van der Waals surface area (Å²) in [5, 5.41) is 2.89. The molecule has 0 saturated carbocycles. The lowest BCUT2D eigenvalue weighted by Gasteiger charge is -2.39. The molecule has 2 amide bonds. The van der Waals surface area contributed by atoms with E-state index in [0.29, 0.717) is 12.1 Å². The van der Waals surface area contributed by atoms with E-state index >= 15 is 0 Å². The molecule has 2 aliphatic rings. The molecule has 0 aromatic carbocycles. The van der Waals surface area contributed by atoms with Gasteiger partial charge in [0.1, 0.15) is 0 Å². The lowest BCUT2D eigenvalue weighted by atomic mass is 10.00. The third-order valence-corrected chi connectivity index (χ3v) is 4.54. The van der Waals surface area contributed by atoms with E-state index in [1.54, 1.807) is 0 Å². The Hall–Kier alpha value is -1.62. The number of hydrogen-bond acceptors (Lipinski definition) is 3. The summed E-state index contributed by atoms with van der Waals surface area (Å²) in [7, 11) is 0. The Morgan fingerprint density at radius 2 is 2.15 bits per heavy atom. The second kappa shape index (κ2) is 5.79. The van der Waals surface area contributed by atoms with Gasteiger partial charge < -0.3 is 10.2 Å². The molecule has 2 saturated heterocycles. The summed E-state index contributed by atoms with van der Waals surface area (Å²) in [5.74, 6) is 0. The Labute approximate surface area is 120 Å². The molecule has 3 heterocycles. The van der Waals surface area contributed by atoms with Crippen molar-refractivity contribution in [1.82, 2.24) is 20.1 Å². The first-order chi connectivity index (χ1) is 9.75. The summed E-state index contributed by atoms with van der Waals surface area (Å²) in [6, 6.07) is 5.06. The summed E-state index contributed by atoms with van der Waals surface area (Å²) in [6.45, 7) is 5.99. The van der Waals surface area contributed by atoms with Gasteiger partial charge >= 0.3 is 6.03 Å². The van der Waals surface area contributed by atoms with Crippen LogP contribution in [0.15, 0.2) is 24.5 Å². The number of carbonyl (C=O) groups is 1. The number of nitrogens with one attached hydrogen (secondary N) is 1. The van der Waals surface area contributed by atoms with Crippen molar-refractivity contribution in [3.8, 4) is 0 Å². The summed E-state index contributed by atoms with van der Waals surface area (Å²) < 4.78 is 0. The Bertz CT molecular complexity index is 456. The highest BCUT2D eigenvalue weighted by atomic mass is 16.2. The van der Waals surface area contributed by atoms with E-state index in [0.717, 1.165) is 39.0 Å². The molecule has 0 radical (unpaired) electrons. The fourth-order valence-corrected chi connectivity index (χ4v) is 3.25. The first-order valence-corrected chi connectivity index (χ1v) is 7.44. The number of amides is 2. The number of rotatable bonds is 3. The molecule has 2 fully saturated rings. The average Bonchev–Trinajstić information content (AvgIpc) is 2.94. The van der Waals surface area contributed by atoms with Gasteiger partial charge in [-0.15, -0.1) is 0 Å². The predicted octanol–water partition coefficient (Wildman–Crippen LogP) is 1.63. The minimum absolute atomic E-state index is 0.115. The van der Waals surface area contributed by atoms with Crippen molar-refractivity contribution >= 4 is 6.03 Å². The number of aromatic nitrogens is 1. The zero-order chi connectivity index (χ0) is 13.9. The van der Waals surface area contributed by atoms with Crippen LogP contribution >= 0.6 is 0 Å². The van der Waals surface area contributed by atoms with Gasteiger partial charge in [0.25, 0.3) is 0 Å². The van der Waals surface area contributed by atoms with E-state index < -0.39 is 0 Å². The molecule has 1 aromatic rings. The van der Waals surface area contributed by atoms with E-state index in [4.69, 9.17) is 0 Å². The zero-order valence-electron chi connectivity index (χ0n) is 12.0. The summed E-state index contributed by atoms with van der Waals surface area (Å²) >= 11 is 0. The van der Waals surface area contributed by atoms with Crippen LogP contribution in [0, 0.1) is 0 Å². The molecule has 0 spiro atoms. The molecule has 1 aromatic heterocycles. The highest BCUT2D eigenvalue weighted by Gasteiger charge is 2.31. The van der Waals surface area contributed by atoms with E-state index in [1.807, 2.05) is 23.4 Å². The van der Waals surface area contributed by atoms with Gasteiger partial charge in [0, 0.05) is 50.7 Å². The third kappa shape index (κ3) is 2.63. The van der Waals surface area contributed by atoms with E-state index in [1.165, 1.54) is 5.56 Å². The number of piperidine rings is 1. The molecule has 1 atom stereocenters. The Kier molecular flexibility index (Phi) is 3.87. The van der Waals surface area contributed by atoms with Gasteiger partial charge in [-0.25, -0.2) is 4.79 Å². The molecule has 5 heteroatoms. The van der Waals surface area contributed by atoms with Crippen molar-refractivity contribution in [2.24, 2.45) is 0 Å². The quantitative estimate of drug-likeness (QED) is 0.911. The van der Waals surface area contributed by atoms with Gasteiger partial charge in [-0.2, -0.15) is 0 Å². The molecule has 0 bridgehead atoms. The third-order valence-electron chi connectivity index (χ3n) is 4.54. The number of carbonyl (C=O) groups excluding carboxylic acids is 1. The number of nitrogens with zero attached hydrogens (tertiary/aromatic N) is 3. The van der Waals surface area contributed by atoms with Crippen molar-refractivity contribution < 1.29 is 4.79 Å². The molecule has 5 nitrogen and oxygen atoms in total. The lowest BCUT2D eigenvalue weighted by molar-refractivity contribution is 0.111. The van der Waals surface area contributed by atoms with Crippen LogP contribution in [0.25, 0.3) is 0 Å². The lowest BCUT2D eigenvalue weighted by Crippen LogP contribution is -2.46. The van der Waals surface area contributed by atoms with E-state index in [-0.39, 0.29) is 6.03 Å². The maximum atomic E-state index is 11.7. The molecule has 20 heavy (non-hydrogen) atoms. The van der Waals surface area contributed by atoms with Crippen molar-refractivity contribution in [1.29, 1.82) is 0 Å².